The number of rotatable bonds is 0. The predicted molar refractivity (Wildman–Crippen MR) is 1.11 cm³/mol. The van der Waals surface area contributed by atoms with Crippen molar-refractivity contribution in [2.24, 2.45) is 0 Å². The molecule has 0 atom stereocenters. The van der Waals surface area contributed by atoms with Gasteiger partial charge < -0.3 is 1.43 Å². The van der Waals surface area contributed by atoms with E-state index in [4.69, 9.17) is 0 Å². The summed E-state index contributed by atoms with van der Waals surface area (Å²) in [6.45, 7) is 0. The molecule has 0 aromatic rings. The minimum absolute atomic E-state index is 0. The van der Waals surface area contributed by atoms with Gasteiger partial charge in [-0.15, -0.1) is 0 Å². The number of hydrogen-bond donors (Lipinski definition) is 0. The third kappa shape index (κ3) is 17.6. The molecule has 5 heteroatoms. The fourth-order valence-corrected chi connectivity index (χ4v) is 0. The van der Waals surface area contributed by atoms with Gasteiger partial charge in [0, 0.05) is 126 Å². The molecule has 0 aliphatic rings. The van der Waals surface area contributed by atoms with Crippen molar-refractivity contribution < 1.29 is 157 Å². The van der Waals surface area contributed by atoms with Crippen molar-refractivity contribution in [2.45, 2.75) is 0 Å². The molecule has 0 N–H and O–H groups in total. The van der Waals surface area contributed by atoms with Gasteiger partial charge in [0.25, 0.3) is 0 Å². The van der Waals surface area contributed by atoms with Crippen LogP contribution in [0.25, 0.3) is 0 Å². The van der Waals surface area contributed by atoms with E-state index >= 15 is 0 Å². The Bertz CT molecular complexity index is 15.5. The topological polar surface area (TPSA) is 0 Å². The first-order chi connectivity index (χ1) is 0. The van der Waals surface area contributed by atoms with Crippen molar-refractivity contribution >= 4 is 0 Å². The van der Waals surface area contributed by atoms with Gasteiger partial charge in [-0.3, -0.25) is 0 Å². The summed E-state index contributed by atoms with van der Waals surface area (Å²) < 4.78 is 0. The van der Waals surface area contributed by atoms with Crippen molar-refractivity contribution in [1.82, 2.24) is 0 Å². The monoisotopic (exact) mass is 452 g/mol. The quantitative estimate of drug-likeness (QED) is 0.345. The molecular formula is HCeFeNaNdZr. The summed E-state index contributed by atoms with van der Waals surface area (Å²) in [6, 6.07) is 0. The molecule has 22 valence electrons. The Hall–Kier alpha value is 5.13. The molecule has 0 amide bonds. The molecule has 0 rings (SSSR count). The van der Waals surface area contributed by atoms with Crippen LogP contribution in [0.5, 0.6) is 0 Å². The van der Waals surface area contributed by atoms with Gasteiger partial charge in [0.05, 0.1) is 0 Å². The second kappa shape index (κ2) is 22.9. The van der Waals surface area contributed by atoms with Crippen LogP contribution in [0.15, 0.2) is 0 Å². The minimum atomic E-state index is 0. The molecule has 0 unspecified atom stereocenters. The van der Waals surface area contributed by atoms with Crippen molar-refractivity contribution in [3.8, 4) is 0 Å². The fourth-order valence-electron chi connectivity index (χ4n) is 0. The van der Waals surface area contributed by atoms with Crippen LogP contribution in [-0.4, -0.2) is 0 Å². The average molecular weight is 455 g/mol. The molecule has 0 aliphatic carbocycles. The van der Waals surface area contributed by atoms with Crippen molar-refractivity contribution in [2.75, 3.05) is 0 Å². The van der Waals surface area contributed by atoms with E-state index in [1.54, 1.807) is 0 Å². The molecule has 0 aromatic heterocycles. The van der Waals surface area contributed by atoms with Gasteiger partial charge in [0.2, 0.25) is 0 Å². The van der Waals surface area contributed by atoms with Crippen LogP contribution in [0.2, 0.25) is 0 Å². The first-order valence-electron chi connectivity index (χ1n) is 0. The van der Waals surface area contributed by atoms with Crippen LogP contribution < -0.4 is 29.6 Å². The normalized spacial score (nSPS) is 0. The van der Waals surface area contributed by atoms with E-state index in [9.17, 15) is 0 Å². The Kier molecular flexibility index (Phi) is 147. The van der Waals surface area contributed by atoms with E-state index in [1.165, 1.54) is 0 Å². The van der Waals surface area contributed by atoms with E-state index in [-0.39, 0.29) is 157 Å². The molecular weight excluding hydrogens is 454 g/mol. The third-order valence-corrected chi connectivity index (χ3v) is 0. The molecule has 0 nitrogen and oxygen atoms in total. The first kappa shape index (κ1) is 32.1. The summed E-state index contributed by atoms with van der Waals surface area (Å²) >= 11 is 0. The Labute approximate surface area is 152 Å². The fraction of sp³-hybridized carbons (Fsp3) is 0. The van der Waals surface area contributed by atoms with Crippen molar-refractivity contribution in [3.05, 3.63) is 0 Å². The Morgan fingerprint density at radius 2 is 1.20 bits per heavy atom. The van der Waals surface area contributed by atoms with E-state index in [0.29, 0.717) is 0 Å². The van der Waals surface area contributed by atoms with Crippen LogP contribution in [-0.2, 0) is 43.3 Å². The van der Waals surface area contributed by atoms with Gasteiger partial charge >= 0.3 is 29.6 Å². The van der Waals surface area contributed by atoms with Crippen molar-refractivity contribution in [3.63, 3.8) is 0 Å². The zero-order valence-electron chi connectivity index (χ0n) is 3.85. The van der Waals surface area contributed by atoms with Gasteiger partial charge in [-0.2, -0.15) is 0 Å². The first-order valence-corrected chi connectivity index (χ1v) is 0. The standard InChI is InChI=1S/Ce.Fe.Na.Nd.Zr.H/q;;+1;;;-1. The van der Waals surface area contributed by atoms with E-state index in [0.717, 1.165) is 0 Å². The maximum atomic E-state index is 0. The average Bonchev–Trinajstić information content (AvgIpc) is 0. The Morgan fingerprint density at radius 1 is 1.20 bits per heavy atom. The summed E-state index contributed by atoms with van der Waals surface area (Å²) in [5.41, 5.74) is 0. The van der Waals surface area contributed by atoms with Gasteiger partial charge in [0.1, 0.15) is 0 Å². The molecule has 0 fully saturated rings. The molecule has 0 saturated heterocycles. The van der Waals surface area contributed by atoms with Gasteiger partial charge in [-0.1, -0.05) is 0 Å². The van der Waals surface area contributed by atoms with E-state index < -0.39 is 0 Å². The molecule has 0 radical (unpaired) electrons. The van der Waals surface area contributed by atoms with Crippen LogP contribution >= 0.6 is 0 Å². The molecule has 0 saturated carbocycles. The maximum Gasteiger partial charge on any atom is 1.00 e. The number of hydrogen-bond acceptors (Lipinski definition) is 0. The molecule has 0 bridgehead atoms. The molecule has 0 spiro atoms. The van der Waals surface area contributed by atoms with Gasteiger partial charge in [-0.25, -0.2) is 0 Å². The van der Waals surface area contributed by atoms with Gasteiger partial charge in [0.15, 0.2) is 0 Å². The van der Waals surface area contributed by atoms with E-state index in [2.05, 4.69) is 0 Å². The third-order valence-electron chi connectivity index (χ3n) is 0. The summed E-state index contributed by atoms with van der Waals surface area (Å²) in [7, 11) is 0. The second-order valence-corrected chi connectivity index (χ2v) is 0. The maximum absolute atomic E-state index is 0. The molecule has 0 aliphatic heterocycles. The SMILES string of the molecule is [Ce].[Fe].[H-].[Na+].[Nd].[Zr]. The molecule has 5 heavy (non-hydrogen) atoms. The summed E-state index contributed by atoms with van der Waals surface area (Å²) in [6.07, 6.45) is 0. The van der Waals surface area contributed by atoms with Crippen LogP contribution in [0.4, 0.5) is 0 Å². The summed E-state index contributed by atoms with van der Waals surface area (Å²) in [5, 5.41) is 0. The van der Waals surface area contributed by atoms with Crippen molar-refractivity contribution in [1.29, 1.82) is 0 Å². The van der Waals surface area contributed by atoms with Crippen LogP contribution in [0.1, 0.15) is 1.43 Å². The Morgan fingerprint density at radius 3 is 1.20 bits per heavy atom. The largest absolute Gasteiger partial charge is 1.00 e. The Balaban J connectivity index is 0. The summed E-state index contributed by atoms with van der Waals surface area (Å²) in [4.78, 5) is 0. The predicted octanol–water partition coefficient (Wildman–Crippen LogP) is -2.89. The van der Waals surface area contributed by atoms with Crippen LogP contribution in [0.3, 0.4) is 0 Å². The smallest absolute Gasteiger partial charge is 1.00 e. The van der Waals surface area contributed by atoms with Gasteiger partial charge in [-0.05, 0) is 0 Å². The molecule has 0 heterocycles. The second-order valence-electron chi connectivity index (χ2n) is 0. The zero-order chi connectivity index (χ0) is 0. The zero-order valence-corrected chi connectivity index (χ0v) is 14.8. The summed E-state index contributed by atoms with van der Waals surface area (Å²) in [5.74, 6) is 0. The van der Waals surface area contributed by atoms with Crippen LogP contribution in [0, 0.1) is 82.6 Å². The minimum Gasteiger partial charge on any atom is -1.00 e. The van der Waals surface area contributed by atoms with E-state index in [1.807, 2.05) is 0 Å². The molecule has 0 aromatic carbocycles.